The Labute approximate surface area is 114 Å². The van der Waals surface area contributed by atoms with Crippen LogP contribution >= 0.6 is 11.3 Å². The molecule has 1 fully saturated rings. The highest BCUT2D eigenvalue weighted by Gasteiger charge is 2.41. The molecule has 108 valence electrons. The van der Waals surface area contributed by atoms with Crippen molar-refractivity contribution in [2.45, 2.75) is 44.0 Å². The summed E-state index contributed by atoms with van der Waals surface area (Å²) < 4.78 is 37.5. The van der Waals surface area contributed by atoms with E-state index in [0.29, 0.717) is 19.4 Å². The Bertz CT molecular complexity index is 372. The zero-order valence-corrected chi connectivity index (χ0v) is 11.3. The van der Waals surface area contributed by atoms with Gasteiger partial charge in [-0.1, -0.05) is 0 Å². The maximum Gasteiger partial charge on any atom is 0.391 e. The third kappa shape index (κ3) is 4.19. The van der Waals surface area contributed by atoms with Gasteiger partial charge < -0.3 is 10.4 Å². The zero-order chi connectivity index (χ0) is 13.9. The fraction of sp³-hybridized carbons (Fsp3) is 0.692. The number of hydrogen-bond donors (Lipinski definition) is 2. The predicted molar refractivity (Wildman–Crippen MR) is 69.1 cm³/mol. The molecule has 0 amide bonds. The number of thiophene rings is 1. The van der Waals surface area contributed by atoms with Gasteiger partial charge in [0.2, 0.25) is 0 Å². The van der Waals surface area contributed by atoms with E-state index in [9.17, 15) is 18.3 Å². The van der Waals surface area contributed by atoms with Gasteiger partial charge in [-0.2, -0.15) is 24.5 Å². The van der Waals surface area contributed by atoms with Gasteiger partial charge in [0.1, 0.15) is 0 Å². The predicted octanol–water partition coefficient (Wildman–Crippen LogP) is 3.49. The summed E-state index contributed by atoms with van der Waals surface area (Å²) in [6.45, 7) is 0.401. The summed E-state index contributed by atoms with van der Waals surface area (Å²) in [6, 6.07) is 1.95. The molecular formula is C13H18F3NOS. The average molecular weight is 293 g/mol. The van der Waals surface area contributed by atoms with E-state index in [0.717, 1.165) is 5.56 Å². The first-order valence-electron chi connectivity index (χ1n) is 6.47. The lowest BCUT2D eigenvalue weighted by Gasteiger charge is -2.30. The van der Waals surface area contributed by atoms with Crippen LogP contribution in [-0.2, 0) is 0 Å². The van der Waals surface area contributed by atoms with Gasteiger partial charge in [-0.15, -0.1) is 0 Å². The van der Waals surface area contributed by atoms with Crippen molar-refractivity contribution in [1.29, 1.82) is 0 Å². The highest BCUT2D eigenvalue weighted by atomic mass is 32.1. The summed E-state index contributed by atoms with van der Waals surface area (Å²) in [6.07, 6.45) is -3.19. The molecule has 1 saturated carbocycles. The topological polar surface area (TPSA) is 32.3 Å². The van der Waals surface area contributed by atoms with Crippen molar-refractivity contribution in [1.82, 2.24) is 5.32 Å². The minimum atomic E-state index is -4.05. The van der Waals surface area contributed by atoms with Crippen LogP contribution in [0.4, 0.5) is 13.2 Å². The van der Waals surface area contributed by atoms with Crippen molar-refractivity contribution in [2.75, 3.05) is 6.54 Å². The van der Waals surface area contributed by atoms with Crippen LogP contribution in [0.25, 0.3) is 0 Å². The van der Waals surface area contributed by atoms with Gasteiger partial charge in [0, 0.05) is 12.6 Å². The van der Waals surface area contributed by atoms with Crippen LogP contribution in [-0.4, -0.2) is 23.9 Å². The molecule has 6 heteroatoms. The third-order valence-corrected chi connectivity index (χ3v) is 4.42. The van der Waals surface area contributed by atoms with E-state index < -0.39 is 18.2 Å². The van der Waals surface area contributed by atoms with Crippen LogP contribution in [0.3, 0.4) is 0 Å². The van der Waals surface area contributed by atoms with E-state index in [1.165, 1.54) is 11.3 Å². The van der Waals surface area contributed by atoms with Crippen molar-refractivity contribution >= 4 is 11.3 Å². The molecule has 0 radical (unpaired) electrons. The van der Waals surface area contributed by atoms with Crippen LogP contribution in [0.2, 0.25) is 0 Å². The van der Waals surface area contributed by atoms with Crippen molar-refractivity contribution in [3.63, 3.8) is 0 Å². The minimum absolute atomic E-state index is 0.0897. The smallest absolute Gasteiger partial charge is 0.387 e. The summed E-state index contributed by atoms with van der Waals surface area (Å²) in [5.41, 5.74) is 0.862. The summed E-state index contributed by atoms with van der Waals surface area (Å²) in [5.74, 6) is -1.15. The quantitative estimate of drug-likeness (QED) is 0.890. The van der Waals surface area contributed by atoms with E-state index in [1.54, 1.807) is 0 Å². The largest absolute Gasteiger partial charge is 0.391 e. The van der Waals surface area contributed by atoms with Gasteiger partial charge in [0.05, 0.1) is 12.0 Å². The molecule has 2 N–H and O–H groups in total. The Hall–Kier alpha value is -0.590. The lowest BCUT2D eigenvalue weighted by Crippen LogP contribution is -2.38. The monoisotopic (exact) mass is 293 g/mol. The molecule has 2 nitrogen and oxygen atoms in total. The highest BCUT2D eigenvalue weighted by Crippen LogP contribution is 2.37. The fourth-order valence-corrected chi connectivity index (χ4v) is 3.19. The average Bonchev–Trinajstić information content (AvgIpc) is 2.89. The number of halogens is 3. The molecule has 0 aliphatic heterocycles. The Morgan fingerprint density at radius 1 is 1.32 bits per heavy atom. The zero-order valence-electron chi connectivity index (χ0n) is 10.5. The molecule has 2 rings (SSSR count). The number of aliphatic hydroxyl groups is 1. The lowest BCUT2D eigenvalue weighted by molar-refractivity contribution is -0.182. The second-order valence-electron chi connectivity index (χ2n) is 5.07. The van der Waals surface area contributed by atoms with Gasteiger partial charge in [0.15, 0.2) is 0 Å². The second-order valence-corrected chi connectivity index (χ2v) is 5.85. The first kappa shape index (κ1) is 14.8. The maximum atomic E-state index is 12.5. The molecule has 1 atom stereocenters. The number of hydrogen-bond acceptors (Lipinski definition) is 3. The molecule has 0 saturated heterocycles. The van der Waals surface area contributed by atoms with Gasteiger partial charge >= 0.3 is 6.18 Å². The second kappa shape index (κ2) is 6.24. The SMILES string of the molecule is OC(CNC1CCC(C(F)(F)F)CC1)c1ccsc1. The van der Waals surface area contributed by atoms with E-state index >= 15 is 0 Å². The Morgan fingerprint density at radius 3 is 2.53 bits per heavy atom. The summed E-state index contributed by atoms with van der Waals surface area (Å²) in [5, 5.41) is 16.8. The molecular weight excluding hydrogens is 275 g/mol. The van der Waals surface area contributed by atoms with Crippen LogP contribution < -0.4 is 5.32 Å². The van der Waals surface area contributed by atoms with Crippen molar-refractivity contribution in [3.8, 4) is 0 Å². The van der Waals surface area contributed by atoms with Crippen LogP contribution in [0, 0.1) is 5.92 Å². The number of nitrogens with one attached hydrogen (secondary N) is 1. The van der Waals surface area contributed by atoms with Gasteiger partial charge in [-0.3, -0.25) is 0 Å². The molecule has 1 aliphatic carbocycles. The van der Waals surface area contributed by atoms with E-state index in [-0.39, 0.29) is 18.9 Å². The molecule has 1 aromatic rings. The summed E-state index contributed by atoms with van der Waals surface area (Å²) in [7, 11) is 0. The molecule has 0 bridgehead atoms. The summed E-state index contributed by atoms with van der Waals surface area (Å²) in [4.78, 5) is 0. The Balaban J connectivity index is 1.71. The highest BCUT2D eigenvalue weighted by molar-refractivity contribution is 7.07. The van der Waals surface area contributed by atoms with E-state index in [2.05, 4.69) is 5.32 Å². The fourth-order valence-electron chi connectivity index (χ4n) is 2.49. The van der Waals surface area contributed by atoms with E-state index in [4.69, 9.17) is 0 Å². The lowest BCUT2D eigenvalue weighted by atomic mass is 9.85. The first-order valence-corrected chi connectivity index (χ1v) is 7.41. The minimum Gasteiger partial charge on any atom is -0.387 e. The third-order valence-electron chi connectivity index (χ3n) is 3.72. The Morgan fingerprint density at radius 2 is 2.00 bits per heavy atom. The number of aliphatic hydroxyl groups excluding tert-OH is 1. The number of rotatable bonds is 4. The van der Waals surface area contributed by atoms with Gasteiger partial charge in [-0.05, 0) is 48.1 Å². The van der Waals surface area contributed by atoms with Crippen molar-refractivity contribution in [3.05, 3.63) is 22.4 Å². The standard InChI is InChI=1S/C13H18F3NOS/c14-13(15,16)10-1-3-11(4-2-10)17-7-12(18)9-5-6-19-8-9/h5-6,8,10-12,17-18H,1-4,7H2. The van der Waals surface area contributed by atoms with Gasteiger partial charge in [0.25, 0.3) is 0 Å². The molecule has 1 unspecified atom stereocenters. The van der Waals surface area contributed by atoms with Gasteiger partial charge in [-0.25, -0.2) is 0 Å². The van der Waals surface area contributed by atoms with Crippen LogP contribution in [0.5, 0.6) is 0 Å². The summed E-state index contributed by atoms with van der Waals surface area (Å²) >= 11 is 1.52. The first-order chi connectivity index (χ1) is 8.97. The van der Waals surface area contributed by atoms with E-state index in [1.807, 2.05) is 16.8 Å². The maximum absolute atomic E-state index is 12.5. The molecule has 1 heterocycles. The molecule has 0 aromatic carbocycles. The molecule has 19 heavy (non-hydrogen) atoms. The number of alkyl halides is 3. The Kier molecular flexibility index (Phi) is 4.86. The normalized spacial score (nSPS) is 26.3. The van der Waals surface area contributed by atoms with Crippen molar-refractivity contribution < 1.29 is 18.3 Å². The van der Waals surface area contributed by atoms with Crippen molar-refractivity contribution in [2.24, 2.45) is 5.92 Å². The van der Waals surface area contributed by atoms with Crippen LogP contribution in [0.1, 0.15) is 37.4 Å². The molecule has 0 spiro atoms. The molecule has 1 aliphatic rings. The van der Waals surface area contributed by atoms with Crippen LogP contribution in [0.15, 0.2) is 16.8 Å². The molecule has 1 aromatic heterocycles.